The Morgan fingerprint density at radius 3 is 3.09 bits per heavy atom. The maximum Gasteiger partial charge on any atom is 0.227 e. The van der Waals surface area contributed by atoms with Crippen LogP contribution in [0.4, 0.5) is 5.69 Å². The van der Waals surface area contributed by atoms with E-state index in [2.05, 4.69) is 20.3 Å². The van der Waals surface area contributed by atoms with Crippen LogP contribution < -0.4 is 5.32 Å². The summed E-state index contributed by atoms with van der Waals surface area (Å²) in [5, 5.41) is 4.08. The highest BCUT2D eigenvalue weighted by Gasteiger charge is 2.26. The van der Waals surface area contributed by atoms with E-state index < -0.39 is 0 Å². The van der Waals surface area contributed by atoms with Crippen LogP contribution in [0.15, 0.2) is 18.2 Å². The summed E-state index contributed by atoms with van der Waals surface area (Å²) in [5.41, 5.74) is 3.99. The normalized spacial score (nSPS) is 17.2. The number of nitrogens with zero attached hydrogens (tertiary/aromatic N) is 2. The summed E-state index contributed by atoms with van der Waals surface area (Å²) >= 11 is 1.67. The highest BCUT2D eigenvalue weighted by molar-refractivity contribution is 7.18. The first-order valence-electron chi connectivity index (χ1n) is 7.81. The molecule has 3 aromatic rings. The number of imidazole rings is 1. The second-order valence-electron chi connectivity index (χ2n) is 6.09. The van der Waals surface area contributed by atoms with E-state index in [1.165, 1.54) is 0 Å². The third-order valence-corrected chi connectivity index (χ3v) is 5.25. The van der Waals surface area contributed by atoms with Gasteiger partial charge in [-0.1, -0.05) is 0 Å². The molecule has 0 radical (unpaired) electrons. The SMILES string of the molecule is Cc1nc2c([nH]1)CC(C(=O)Nc1ccc3sc(C)nc3c1)CC2. The van der Waals surface area contributed by atoms with Crippen molar-refractivity contribution >= 4 is 33.1 Å². The molecular formula is C17H18N4OS. The molecule has 0 saturated carbocycles. The van der Waals surface area contributed by atoms with Crippen LogP contribution >= 0.6 is 11.3 Å². The Morgan fingerprint density at radius 1 is 1.35 bits per heavy atom. The van der Waals surface area contributed by atoms with Crippen LogP contribution in [0, 0.1) is 19.8 Å². The van der Waals surface area contributed by atoms with Crippen LogP contribution in [-0.4, -0.2) is 20.9 Å². The summed E-state index contributed by atoms with van der Waals surface area (Å²) < 4.78 is 1.15. The Bertz CT molecular complexity index is 895. The lowest BCUT2D eigenvalue weighted by Crippen LogP contribution is -2.28. The fourth-order valence-electron chi connectivity index (χ4n) is 3.21. The van der Waals surface area contributed by atoms with Crippen LogP contribution in [0.2, 0.25) is 0 Å². The molecule has 1 aliphatic carbocycles. The van der Waals surface area contributed by atoms with Gasteiger partial charge in [0.2, 0.25) is 5.91 Å². The van der Waals surface area contributed by atoms with Crippen LogP contribution in [0.3, 0.4) is 0 Å². The molecule has 2 N–H and O–H groups in total. The third kappa shape index (κ3) is 2.74. The van der Waals surface area contributed by atoms with Crippen molar-refractivity contribution in [3.63, 3.8) is 0 Å². The van der Waals surface area contributed by atoms with Crippen LogP contribution in [0.1, 0.15) is 28.6 Å². The minimum Gasteiger partial charge on any atom is -0.346 e. The van der Waals surface area contributed by atoms with Crippen LogP contribution in [0.25, 0.3) is 10.2 Å². The number of thiazole rings is 1. The smallest absolute Gasteiger partial charge is 0.227 e. The first-order chi connectivity index (χ1) is 11.1. The lowest BCUT2D eigenvalue weighted by molar-refractivity contribution is -0.120. The molecule has 2 heterocycles. The molecule has 6 heteroatoms. The van der Waals surface area contributed by atoms with Crippen molar-refractivity contribution < 1.29 is 4.79 Å². The molecule has 0 spiro atoms. The summed E-state index contributed by atoms with van der Waals surface area (Å²) in [7, 11) is 0. The van der Waals surface area contributed by atoms with E-state index in [9.17, 15) is 4.79 Å². The number of rotatable bonds is 2. The number of H-pyrrole nitrogens is 1. The average Bonchev–Trinajstić information content (AvgIpc) is 3.06. The van der Waals surface area contributed by atoms with Crippen molar-refractivity contribution in [3.8, 4) is 0 Å². The van der Waals surface area contributed by atoms with Gasteiger partial charge in [0, 0.05) is 23.7 Å². The van der Waals surface area contributed by atoms with Crippen LogP contribution in [0.5, 0.6) is 0 Å². The van der Waals surface area contributed by atoms with Crippen molar-refractivity contribution in [2.75, 3.05) is 5.32 Å². The number of benzene rings is 1. The number of nitrogens with one attached hydrogen (secondary N) is 2. The lowest BCUT2D eigenvalue weighted by Gasteiger charge is -2.20. The zero-order chi connectivity index (χ0) is 16.0. The number of fused-ring (bicyclic) bond motifs is 2. The Balaban J connectivity index is 1.50. The van der Waals surface area contributed by atoms with Gasteiger partial charge in [0.25, 0.3) is 0 Å². The van der Waals surface area contributed by atoms with Crippen molar-refractivity contribution in [1.29, 1.82) is 0 Å². The fourth-order valence-corrected chi connectivity index (χ4v) is 4.02. The van der Waals surface area contributed by atoms with E-state index in [4.69, 9.17) is 0 Å². The molecule has 2 aromatic heterocycles. The number of amides is 1. The van der Waals surface area contributed by atoms with E-state index in [-0.39, 0.29) is 11.8 Å². The summed E-state index contributed by atoms with van der Waals surface area (Å²) in [6.45, 7) is 3.95. The summed E-state index contributed by atoms with van der Waals surface area (Å²) in [6, 6.07) is 5.92. The van der Waals surface area contributed by atoms with E-state index >= 15 is 0 Å². The maximum absolute atomic E-state index is 12.6. The van der Waals surface area contributed by atoms with Crippen molar-refractivity contribution in [3.05, 3.63) is 40.4 Å². The van der Waals surface area contributed by atoms with Gasteiger partial charge in [-0.3, -0.25) is 4.79 Å². The van der Waals surface area contributed by atoms with Crippen LogP contribution in [-0.2, 0) is 17.6 Å². The summed E-state index contributed by atoms with van der Waals surface area (Å²) in [5.74, 6) is 1.00. The number of aromatic amines is 1. The number of carbonyl (C=O) groups is 1. The van der Waals surface area contributed by atoms with Crippen molar-refractivity contribution in [2.24, 2.45) is 5.92 Å². The van der Waals surface area contributed by atoms with E-state index in [1.807, 2.05) is 32.0 Å². The second-order valence-corrected chi connectivity index (χ2v) is 7.33. The lowest BCUT2D eigenvalue weighted by atomic mass is 9.89. The van der Waals surface area contributed by atoms with Gasteiger partial charge in [0.05, 0.1) is 20.9 Å². The number of aromatic nitrogens is 3. The molecule has 1 aromatic carbocycles. The average molecular weight is 326 g/mol. The summed E-state index contributed by atoms with van der Waals surface area (Å²) in [4.78, 5) is 24.8. The minimum absolute atomic E-state index is 0.00443. The number of carbonyl (C=O) groups excluding carboxylic acids is 1. The topological polar surface area (TPSA) is 70.7 Å². The maximum atomic E-state index is 12.6. The first kappa shape index (κ1) is 14.4. The van der Waals surface area contributed by atoms with E-state index in [0.29, 0.717) is 0 Å². The molecule has 1 unspecified atom stereocenters. The zero-order valence-electron chi connectivity index (χ0n) is 13.1. The second kappa shape index (κ2) is 5.45. The molecule has 1 amide bonds. The van der Waals surface area contributed by atoms with Gasteiger partial charge in [-0.15, -0.1) is 11.3 Å². The van der Waals surface area contributed by atoms with Gasteiger partial charge in [-0.2, -0.15) is 0 Å². The van der Waals surface area contributed by atoms with Gasteiger partial charge in [0.1, 0.15) is 5.82 Å². The molecule has 0 aliphatic heterocycles. The number of hydrogen-bond donors (Lipinski definition) is 2. The number of hydrogen-bond acceptors (Lipinski definition) is 4. The Labute approximate surface area is 138 Å². The first-order valence-corrected chi connectivity index (χ1v) is 8.62. The molecule has 0 saturated heterocycles. The molecule has 1 aliphatic rings. The van der Waals surface area contributed by atoms with Gasteiger partial charge in [0.15, 0.2) is 0 Å². The Hall–Kier alpha value is -2.21. The zero-order valence-corrected chi connectivity index (χ0v) is 14.0. The minimum atomic E-state index is -0.00443. The summed E-state index contributed by atoms with van der Waals surface area (Å²) in [6.07, 6.45) is 2.45. The molecule has 118 valence electrons. The molecule has 0 fully saturated rings. The van der Waals surface area contributed by atoms with E-state index in [1.54, 1.807) is 11.3 Å². The standard InChI is InChI=1S/C17H18N4OS/c1-9-18-13-5-3-11(7-14(13)19-9)17(22)21-12-4-6-16-15(8-12)20-10(2)23-16/h4,6,8,11H,3,5,7H2,1-2H3,(H,18,19)(H,21,22). The highest BCUT2D eigenvalue weighted by Crippen LogP contribution is 2.27. The molecule has 0 bridgehead atoms. The highest BCUT2D eigenvalue weighted by atomic mass is 32.1. The monoisotopic (exact) mass is 326 g/mol. The largest absolute Gasteiger partial charge is 0.346 e. The number of aryl methyl sites for hydroxylation is 3. The molecule has 1 atom stereocenters. The van der Waals surface area contributed by atoms with Gasteiger partial charge >= 0.3 is 0 Å². The Kier molecular flexibility index (Phi) is 3.41. The van der Waals surface area contributed by atoms with Crippen molar-refractivity contribution in [1.82, 2.24) is 15.0 Å². The van der Waals surface area contributed by atoms with E-state index in [0.717, 1.165) is 57.4 Å². The fraction of sp³-hybridized carbons (Fsp3) is 0.353. The number of anilines is 1. The molecule has 23 heavy (non-hydrogen) atoms. The van der Waals surface area contributed by atoms with Gasteiger partial charge in [-0.25, -0.2) is 9.97 Å². The third-order valence-electron chi connectivity index (χ3n) is 4.30. The predicted octanol–water partition coefficient (Wildman–Crippen LogP) is 3.38. The molecule has 4 rings (SSSR count). The van der Waals surface area contributed by atoms with Gasteiger partial charge < -0.3 is 10.3 Å². The molecule has 5 nitrogen and oxygen atoms in total. The van der Waals surface area contributed by atoms with Gasteiger partial charge in [-0.05, 0) is 44.9 Å². The Morgan fingerprint density at radius 2 is 2.22 bits per heavy atom. The molecular weight excluding hydrogens is 308 g/mol. The quantitative estimate of drug-likeness (QED) is 0.758. The van der Waals surface area contributed by atoms with Crippen molar-refractivity contribution in [2.45, 2.75) is 33.1 Å². The predicted molar refractivity (Wildman–Crippen MR) is 91.8 cm³/mol.